The molecule has 0 saturated carbocycles. The van der Waals surface area contributed by atoms with Crippen molar-refractivity contribution in [3.8, 4) is 5.75 Å². The van der Waals surface area contributed by atoms with Crippen molar-refractivity contribution >= 4 is 11.9 Å². The van der Waals surface area contributed by atoms with E-state index >= 15 is 0 Å². The van der Waals surface area contributed by atoms with E-state index in [9.17, 15) is 9.59 Å². The number of hydrogen-bond donors (Lipinski definition) is 2. The van der Waals surface area contributed by atoms with Crippen LogP contribution < -0.4 is 10.1 Å². The van der Waals surface area contributed by atoms with Crippen molar-refractivity contribution in [2.45, 2.75) is 26.3 Å². The van der Waals surface area contributed by atoms with Crippen LogP contribution >= 0.6 is 0 Å². The summed E-state index contributed by atoms with van der Waals surface area (Å²) in [6, 6.07) is 6.44. The Bertz CT molecular complexity index is 429. The van der Waals surface area contributed by atoms with E-state index in [1.165, 1.54) is 6.07 Å². The van der Waals surface area contributed by atoms with Gasteiger partial charge in [0, 0.05) is 6.04 Å². The first-order valence-electron chi connectivity index (χ1n) is 5.75. The molecule has 98 valence electrons. The molecule has 1 amide bonds. The number of carbonyl (C=O) groups excluding carboxylic acids is 1. The van der Waals surface area contributed by atoms with Gasteiger partial charge in [-0.3, -0.25) is 4.79 Å². The Labute approximate surface area is 106 Å². The molecule has 5 nitrogen and oxygen atoms in total. The number of carboxylic acids is 1. The quantitative estimate of drug-likeness (QED) is 0.806. The molecule has 0 saturated heterocycles. The predicted octanol–water partition coefficient (Wildman–Crippen LogP) is 1.68. The van der Waals surface area contributed by atoms with Crippen LogP contribution in [-0.4, -0.2) is 29.6 Å². The fourth-order valence-electron chi connectivity index (χ4n) is 1.42. The Hall–Kier alpha value is -2.04. The molecule has 1 rings (SSSR count). The zero-order valence-electron chi connectivity index (χ0n) is 10.5. The summed E-state index contributed by atoms with van der Waals surface area (Å²) < 4.78 is 5.31. The average Bonchev–Trinajstić information content (AvgIpc) is 2.28. The molecule has 0 aromatic heterocycles. The normalized spacial score (nSPS) is 10.2. The van der Waals surface area contributed by atoms with E-state index < -0.39 is 5.97 Å². The molecule has 0 unspecified atom stereocenters. The standard InChI is InChI=1S/C13H17NO4/c1-9(2)14-12(15)7-8-18-11-6-4-3-5-10(11)13(16)17/h3-6,9H,7-8H2,1-2H3,(H,14,15)(H,16,17). The van der Waals surface area contributed by atoms with Gasteiger partial charge in [0.1, 0.15) is 11.3 Å². The van der Waals surface area contributed by atoms with E-state index in [1.54, 1.807) is 18.2 Å². The third kappa shape index (κ3) is 4.45. The molecule has 2 N–H and O–H groups in total. The first kappa shape index (κ1) is 14.0. The number of nitrogens with one attached hydrogen (secondary N) is 1. The lowest BCUT2D eigenvalue weighted by Gasteiger charge is -2.10. The molecule has 1 aromatic rings. The Morgan fingerprint density at radius 1 is 1.33 bits per heavy atom. The number of rotatable bonds is 6. The van der Waals surface area contributed by atoms with Crippen LogP contribution in [0, 0.1) is 0 Å². The zero-order chi connectivity index (χ0) is 13.5. The van der Waals surface area contributed by atoms with Gasteiger partial charge in [0.15, 0.2) is 0 Å². The van der Waals surface area contributed by atoms with Gasteiger partial charge < -0.3 is 15.2 Å². The van der Waals surface area contributed by atoms with Crippen LogP contribution in [0.1, 0.15) is 30.6 Å². The fraction of sp³-hybridized carbons (Fsp3) is 0.385. The summed E-state index contributed by atoms with van der Waals surface area (Å²) in [4.78, 5) is 22.3. The number of hydrogen-bond acceptors (Lipinski definition) is 3. The summed E-state index contributed by atoms with van der Waals surface area (Å²) in [5, 5.41) is 11.7. The first-order chi connectivity index (χ1) is 8.50. The number of amides is 1. The summed E-state index contributed by atoms with van der Waals surface area (Å²) in [7, 11) is 0. The van der Waals surface area contributed by atoms with Crippen LogP contribution in [0.15, 0.2) is 24.3 Å². The van der Waals surface area contributed by atoms with Gasteiger partial charge in [-0.25, -0.2) is 4.79 Å². The van der Waals surface area contributed by atoms with Crippen molar-refractivity contribution < 1.29 is 19.4 Å². The molecule has 18 heavy (non-hydrogen) atoms. The molecule has 0 heterocycles. The van der Waals surface area contributed by atoms with Gasteiger partial charge in [0.05, 0.1) is 13.0 Å². The van der Waals surface area contributed by atoms with Gasteiger partial charge in [-0.05, 0) is 26.0 Å². The second kappa shape index (κ2) is 6.64. The summed E-state index contributed by atoms with van der Waals surface area (Å²) in [6.45, 7) is 3.90. The lowest BCUT2D eigenvalue weighted by Crippen LogP contribution is -2.31. The molecule has 0 aliphatic heterocycles. The van der Waals surface area contributed by atoms with E-state index in [-0.39, 0.29) is 36.3 Å². The van der Waals surface area contributed by atoms with Crippen molar-refractivity contribution in [1.29, 1.82) is 0 Å². The van der Waals surface area contributed by atoms with Crippen LogP contribution in [0.3, 0.4) is 0 Å². The second-order valence-electron chi connectivity index (χ2n) is 4.12. The molecule has 5 heteroatoms. The number of carbonyl (C=O) groups is 2. The van der Waals surface area contributed by atoms with Crippen LogP contribution in [0.2, 0.25) is 0 Å². The highest BCUT2D eigenvalue weighted by molar-refractivity contribution is 5.90. The van der Waals surface area contributed by atoms with Crippen molar-refractivity contribution in [2.75, 3.05) is 6.61 Å². The van der Waals surface area contributed by atoms with Gasteiger partial charge in [0.2, 0.25) is 5.91 Å². The van der Waals surface area contributed by atoms with E-state index in [0.29, 0.717) is 0 Å². The topological polar surface area (TPSA) is 75.6 Å². The maximum absolute atomic E-state index is 11.4. The Morgan fingerprint density at radius 2 is 2.00 bits per heavy atom. The minimum Gasteiger partial charge on any atom is -0.492 e. The highest BCUT2D eigenvalue weighted by atomic mass is 16.5. The maximum atomic E-state index is 11.4. The Kier molecular flexibility index (Phi) is 5.17. The largest absolute Gasteiger partial charge is 0.492 e. The number of benzene rings is 1. The first-order valence-corrected chi connectivity index (χ1v) is 5.75. The molecule has 0 spiro atoms. The number of aromatic carboxylic acids is 1. The van der Waals surface area contributed by atoms with Crippen molar-refractivity contribution in [3.63, 3.8) is 0 Å². The van der Waals surface area contributed by atoms with Crippen molar-refractivity contribution in [1.82, 2.24) is 5.32 Å². The van der Waals surface area contributed by atoms with Gasteiger partial charge in [-0.2, -0.15) is 0 Å². The summed E-state index contributed by atoms with van der Waals surface area (Å²) >= 11 is 0. The SMILES string of the molecule is CC(C)NC(=O)CCOc1ccccc1C(=O)O. The molecule has 0 bridgehead atoms. The van der Waals surface area contributed by atoms with Crippen LogP contribution in [0.4, 0.5) is 0 Å². The van der Waals surface area contributed by atoms with Crippen LogP contribution in [0.25, 0.3) is 0 Å². The number of ether oxygens (including phenoxy) is 1. The maximum Gasteiger partial charge on any atom is 0.339 e. The van der Waals surface area contributed by atoms with Gasteiger partial charge >= 0.3 is 5.97 Å². The lowest BCUT2D eigenvalue weighted by atomic mass is 10.2. The van der Waals surface area contributed by atoms with E-state index in [0.717, 1.165) is 0 Å². The molecule has 0 radical (unpaired) electrons. The van der Waals surface area contributed by atoms with Crippen molar-refractivity contribution in [2.24, 2.45) is 0 Å². The molecule has 0 fully saturated rings. The zero-order valence-corrected chi connectivity index (χ0v) is 10.5. The van der Waals surface area contributed by atoms with Gasteiger partial charge in [-0.1, -0.05) is 12.1 Å². The smallest absolute Gasteiger partial charge is 0.339 e. The van der Waals surface area contributed by atoms with E-state index in [2.05, 4.69) is 5.32 Å². The molecule has 0 atom stereocenters. The van der Waals surface area contributed by atoms with E-state index in [1.807, 2.05) is 13.8 Å². The van der Waals surface area contributed by atoms with Crippen molar-refractivity contribution in [3.05, 3.63) is 29.8 Å². The molecule has 0 aliphatic carbocycles. The average molecular weight is 251 g/mol. The van der Waals surface area contributed by atoms with Gasteiger partial charge in [-0.15, -0.1) is 0 Å². The minimum absolute atomic E-state index is 0.0869. The minimum atomic E-state index is -1.04. The summed E-state index contributed by atoms with van der Waals surface area (Å²) in [6.07, 6.45) is 0.201. The Morgan fingerprint density at radius 3 is 2.61 bits per heavy atom. The number of carboxylic acid groups (broad SMARTS) is 1. The highest BCUT2D eigenvalue weighted by Gasteiger charge is 2.10. The summed E-state index contributed by atoms with van der Waals surface area (Å²) in [5.41, 5.74) is 0.0989. The molecular weight excluding hydrogens is 234 g/mol. The highest BCUT2D eigenvalue weighted by Crippen LogP contribution is 2.17. The second-order valence-corrected chi connectivity index (χ2v) is 4.12. The Balaban J connectivity index is 2.49. The molecular formula is C13H17NO4. The molecule has 1 aromatic carbocycles. The lowest BCUT2D eigenvalue weighted by molar-refractivity contribution is -0.122. The third-order valence-electron chi connectivity index (χ3n) is 2.15. The molecule has 0 aliphatic rings. The van der Waals surface area contributed by atoms with E-state index in [4.69, 9.17) is 9.84 Å². The summed E-state index contributed by atoms with van der Waals surface area (Å²) in [5.74, 6) is -0.877. The van der Waals surface area contributed by atoms with Crippen LogP contribution in [-0.2, 0) is 4.79 Å². The fourth-order valence-corrected chi connectivity index (χ4v) is 1.42. The predicted molar refractivity (Wildman–Crippen MR) is 66.8 cm³/mol. The monoisotopic (exact) mass is 251 g/mol. The third-order valence-corrected chi connectivity index (χ3v) is 2.15. The van der Waals surface area contributed by atoms with Gasteiger partial charge in [0.25, 0.3) is 0 Å². The number of para-hydroxylation sites is 1. The van der Waals surface area contributed by atoms with Crippen LogP contribution in [0.5, 0.6) is 5.75 Å².